The van der Waals surface area contributed by atoms with Crippen molar-refractivity contribution >= 4 is 11.8 Å². The molecule has 6 heteroatoms. The van der Waals surface area contributed by atoms with Crippen LogP contribution < -0.4 is 4.90 Å². The van der Waals surface area contributed by atoms with E-state index < -0.39 is 0 Å². The van der Waals surface area contributed by atoms with E-state index in [9.17, 15) is 4.79 Å². The van der Waals surface area contributed by atoms with Gasteiger partial charge in [-0.15, -0.1) is 0 Å². The molecule has 2 heterocycles. The first-order valence-corrected chi connectivity index (χ1v) is 10.2. The second kappa shape index (κ2) is 9.73. The molecule has 1 saturated heterocycles. The monoisotopic (exact) mass is 385 g/mol. The van der Waals surface area contributed by atoms with Crippen molar-refractivity contribution in [3.63, 3.8) is 0 Å². The SMILES string of the molecule is COCCCN(Cc1c(-c2ccccc2)noc1N1CCCC1)C(=O)C(C)C. The smallest absolute Gasteiger partial charge is 0.232 e. The number of hydrogen-bond donors (Lipinski definition) is 0. The summed E-state index contributed by atoms with van der Waals surface area (Å²) in [6.45, 7) is 7.62. The summed E-state index contributed by atoms with van der Waals surface area (Å²) in [7, 11) is 1.69. The van der Waals surface area contributed by atoms with Crippen molar-refractivity contribution in [3.8, 4) is 11.3 Å². The highest BCUT2D eigenvalue weighted by Gasteiger charge is 2.28. The topological polar surface area (TPSA) is 58.8 Å². The Morgan fingerprint density at radius 2 is 1.96 bits per heavy atom. The average Bonchev–Trinajstić information content (AvgIpc) is 3.37. The molecule has 6 nitrogen and oxygen atoms in total. The lowest BCUT2D eigenvalue weighted by Gasteiger charge is -2.26. The minimum atomic E-state index is -0.0576. The highest BCUT2D eigenvalue weighted by molar-refractivity contribution is 5.79. The van der Waals surface area contributed by atoms with Crippen LogP contribution >= 0.6 is 0 Å². The van der Waals surface area contributed by atoms with Gasteiger partial charge in [0.2, 0.25) is 11.8 Å². The summed E-state index contributed by atoms with van der Waals surface area (Å²) < 4.78 is 11.0. The van der Waals surface area contributed by atoms with Gasteiger partial charge in [-0.05, 0) is 19.3 Å². The normalized spacial score (nSPS) is 14.1. The Bertz CT molecular complexity index is 752. The Morgan fingerprint density at radius 3 is 2.61 bits per heavy atom. The van der Waals surface area contributed by atoms with Gasteiger partial charge in [0.15, 0.2) is 0 Å². The van der Waals surface area contributed by atoms with E-state index in [-0.39, 0.29) is 11.8 Å². The first-order chi connectivity index (χ1) is 13.6. The fourth-order valence-electron chi connectivity index (χ4n) is 3.66. The van der Waals surface area contributed by atoms with Gasteiger partial charge in [0.1, 0.15) is 5.69 Å². The molecule has 0 atom stereocenters. The van der Waals surface area contributed by atoms with E-state index in [1.165, 1.54) is 0 Å². The van der Waals surface area contributed by atoms with E-state index in [1.807, 2.05) is 49.1 Å². The molecule has 0 saturated carbocycles. The molecule has 3 rings (SSSR count). The van der Waals surface area contributed by atoms with Crippen molar-refractivity contribution in [2.45, 2.75) is 39.7 Å². The van der Waals surface area contributed by atoms with Crippen molar-refractivity contribution in [1.29, 1.82) is 0 Å². The van der Waals surface area contributed by atoms with Crippen LogP contribution in [0.25, 0.3) is 11.3 Å². The zero-order valence-corrected chi connectivity index (χ0v) is 17.2. The molecule has 152 valence electrons. The summed E-state index contributed by atoms with van der Waals surface area (Å²) in [6, 6.07) is 10.1. The Morgan fingerprint density at radius 1 is 1.25 bits per heavy atom. The highest BCUT2D eigenvalue weighted by atomic mass is 16.5. The van der Waals surface area contributed by atoms with Crippen LogP contribution in [0.1, 0.15) is 38.7 Å². The predicted molar refractivity (Wildman–Crippen MR) is 110 cm³/mol. The largest absolute Gasteiger partial charge is 0.385 e. The highest BCUT2D eigenvalue weighted by Crippen LogP contribution is 2.34. The summed E-state index contributed by atoms with van der Waals surface area (Å²) in [6.07, 6.45) is 3.12. The molecule has 2 aromatic rings. The number of methoxy groups -OCH3 is 1. The van der Waals surface area contributed by atoms with Crippen molar-refractivity contribution < 1.29 is 14.1 Å². The zero-order chi connectivity index (χ0) is 19.9. The number of carbonyl (C=O) groups is 1. The number of rotatable bonds is 9. The number of anilines is 1. The molecule has 28 heavy (non-hydrogen) atoms. The Balaban J connectivity index is 1.93. The van der Waals surface area contributed by atoms with E-state index in [2.05, 4.69) is 10.1 Å². The molecule has 0 unspecified atom stereocenters. The number of ether oxygens (including phenoxy) is 1. The third-order valence-electron chi connectivity index (χ3n) is 5.14. The molecule has 1 amide bonds. The van der Waals surface area contributed by atoms with Crippen LogP contribution in [-0.4, -0.2) is 49.3 Å². The molecule has 1 aromatic heterocycles. The molecule has 0 radical (unpaired) electrons. The van der Waals surface area contributed by atoms with Gasteiger partial charge < -0.3 is 19.1 Å². The summed E-state index contributed by atoms with van der Waals surface area (Å²) >= 11 is 0. The van der Waals surface area contributed by atoms with E-state index in [1.54, 1.807) is 7.11 Å². The summed E-state index contributed by atoms with van der Waals surface area (Å²) in [4.78, 5) is 17.0. The van der Waals surface area contributed by atoms with Gasteiger partial charge in [0.05, 0.1) is 12.1 Å². The minimum Gasteiger partial charge on any atom is -0.385 e. The van der Waals surface area contributed by atoms with Gasteiger partial charge in [-0.25, -0.2) is 0 Å². The van der Waals surface area contributed by atoms with Gasteiger partial charge in [0.25, 0.3) is 0 Å². The molecule has 0 bridgehead atoms. The standard InChI is InChI=1S/C22H31N3O3/c1-17(2)21(26)25(14-9-15-27-3)16-19-20(18-10-5-4-6-11-18)23-28-22(19)24-12-7-8-13-24/h4-6,10-11,17H,7-9,12-16H2,1-3H3. The van der Waals surface area contributed by atoms with Gasteiger partial charge in [-0.2, -0.15) is 0 Å². The van der Waals surface area contributed by atoms with Crippen LogP contribution in [0.15, 0.2) is 34.9 Å². The first kappa shape index (κ1) is 20.4. The molecular weight excluding hydrogens is 354 g/mol. The summed E-state index contributed by atoms with van der Waals surface area (Å²) in [5, 5.41) is 4.41. The Hall–Kier alpha value is -2.34. The molecular formula is C22H31N3O3. The van der Waals surface area contributed by atoms with E-state index >= 15 is 0 Å². The van der Waals surface area contributed by atoms with E-state index in [0.717, 1.165) is 55.1 Å². The number of nitrogens with zero attached hydrogens (tertiary/aromatic N) is 3. The zero-order valence-electron chi connectivity index (χ0n) is 17.2. The summed E-state index contributed by atoms with van der Waals surface area (Å²) in [5.74, 6) is 0.895. The van der Waals surface area contributed by atoms with E-state index in [4.69, 9.17) is 9.26 Å². The maximum absolute atomic E-state index is 12.9. The van der Waals surface area contributed by atoms with Gasteiger partial charge >= 0.3 is 0 Å². The van der Waals surface area contributed by atoms with Crippen LogP contribution in [0.5, 0.6) is 0 Å². The van der Waals surface area contributed by atoms with Crippen LogP contribution in [0.2, 0.25) is 0 Å². The second-order valence-corrected chi connectivity index (χ2v) is 7.64. The minimum absolute atomic E-state index is 0.0576. The van der Waals surface area contributed by atoms with E-state index in [0.29, 0.717) is 19.7 Å². The second-order valence-electron chi connectivity index (χ2n) is 7.64. The lowest BCUT2D eigenvalue weighted by molar-refractivity contribution is -0.135. The molecule has 0 aliphatic carbocycles. The van der Waals surface area contributed by atoms with Gasteiger partial charge in [0, 0.05) is 44.8 Å². The van der Waals surface area contributed by atoms with Crippen molar-refractivity contribution in [2.24, 2.45) is 5.92 Å². The Kier molecular flexibility index (Phi) is 7.09. The maximum Gasteiger partial charge on any atom is 0.232 e. The van der Waals surface area contributed by atoms with Crippen LogP contribution in [0.3, 0.4) is 0 Å². The lowest BCUT2D eigenvalue weighted by Crippen LogP contribution is -2.35. The molecule has 0 N–H and O–H groups in total. The van der Waals surface area contributed by atoms with Crippen LogP contribution in [0.4, 0.5) is 5.88 Å². The third kappa shape index (κ3) is 4.73. The van der Waals surface area contributed by atoms with Crippen molar-refractivity contribution in [3.05, 3.63) is 35.9 Å². The lowest BCUT2D eigenvalue weighted by atomic mass is 10.1. The average molecular weight is 386 g/mol. The molecule has 1 aliphatic rings. The van der Waals surface area contributed by atoms with Gasteiger partial charge in [-0.3, -0.25) is 4.79 Å². The fraction of sp³-hybridized carbons (Fsp3) is 0.545. The summed E-state index contributed by atoms with van der Waals surface area (Å²) in [5.41, 5.74) is 2.84. The van der Waals surface area contributed by atoms with Crippen molar-refractivity contribution in [2.75, 3.05) is 38.3 Å². The van der Waals surface area contributed by atoms with Crippen LogP contribution in [-0.2, 0) is 16.1 Å². The first-order valence-electron chi connectivity index (χ1n) is 10.2. The quantitative estimate of drug-likeness (QED) is 0.612. The van der Waals surface area contributed by atoms with Gasteiger partial charge in [-0.1, -0.05) is 49.3 Å². The molecule has 1 fully saturated rings. The number of benzene rings is 1. The third-order valence-corrected chi connectivity index (χ3v) is 5.14. The number of carbonyl (C=O) groups excluding carboxylic acids is 1. The molecule has 1 aromatic carbocycles. The van der Waals surface area contributed by atoms with Crippen LogP contribution in [0, 0.1) is 5.92 Å². The van der Waals surface area contributed by atoms with Crippen molar-refractivity contribution in [1.82, 2.24) is 10.1 Å². The maximum atomic E-state index is 12.9. The fourth-order valence-corrected chi connectivity index (χ4v) is 3.66. The Labute approximate surface area is 167 Å². The molecule has 1 aliphatic heterocycles. The number of hydrogen-bond acceptors (Lipinski definition) is 5. The number of aromatic nitrogens is 1. The number of amides is 1. The predicted octanol–water partition coefficient (Wildman–Crippen LogP) is 3.96. The molecule has 0 spiro atoms.